The minimum absolute atomic E-state index is 0.0358. The van der Waals surface area contributed by atoms with Gasteiger partial charge in [0.15, 0.2) is 0 Å². The minimum Gasteiger partial charge on any atom is -0.497 e. The van der Waals surface area contributed by atoms with E-state index in [9.17, 15) is 13.2 Å². The maximum absolute atomic E-state index is 12.7. The molecule has 2 rings (SSSR count). The van der Waals surface area contributed by atoms with E-state index in [0.29, 0.717) is 30.1 Å². The van der Waals surface area contributed by atoms with E-state index < -0.39 is 10.0 Å². The molecule has 0 aliphatic heterocycles. The topological polar surface area (TPSA) is 75.7 Å². The van der Waals surface area contributed by atoms with Crippen LogP contribution in [0.15, 0.2) is 47.4 Å². The van der Waals surface area contributed by atoms with Crippen LogP contribution in [0.5, 0.6) is 5.75 Å². The summed E-state index contributed by atoms with van der Waals surface area (Å²) in [6.45, 7) is 4.16. The van der Waals surface area contributed by atoms with Crippen LogP contribution in [0.2, 0.25) is 5.02 Å². The number of hydrogen-bond acceptors (Lipinski definition) is 4. The summed E-state index contributed by atoms with van der Waals surface area (Å²) in [4.78, 5) is 12.4. The molecule has 26 heavy (non-hydrogen) atoms. The molecule has 1 amide bonds. The number of anilines is 1. The van der Waals surface area contributed by atoms with Gasteiger partial charge in [-0.05, 0) is 36.4 Å². The predicted octanol–water partition coefficient (Wildman–Crippen LogP) is 3.63. The maximum Gasteiger partial charge on any atom is 0.255 e. The van der Waals surface area contributed by atoms with Crippen molar-refractivity contribution >= 4 is 33.2 Å². The van der Waals surface area contributed by atoms with Crippen molar-refractivity contribution in [3.8, 4) is 5.75 Å². The first-order valence-corrected chi connectivity index (χ1v) is 9.90. The number of nitrogens with zero attached hydrogens (tertiary/aromatic N) is 1. The molecule has 0 saturated carbocycles. The van der Waals surface area contributed by atoms with Gasteiger partial charge in [0, 0.05) is 24.3 Å². The van der Waals surface area contributed by atoms with Crippen LogP contribution in [0.1, 0.15) is 24.2 Å². The summed E-state index contributed by atoms with van der Waals surface area (Å²) >= 11 is 6.10. The zero-order valence-electron chi connectivity index (χ0n) is 14.8. The highest BCUT2D eigenvalue weighted by atomic mass is 35.5. The van der Waals surface area contributed by atoms with Crippen molar-refractivity contribution in [1.29, 1.82) is 0 Å². The average molecular weight is 397 g/mol. The Morgan fingerprint density at radius 2 is 1.85 bits per heavy atom. The highest BCUT2D eigenvalue weighted by Crippen LogP contribution is 2.28. The molecule has 0 spiro atoms. The van der Waals surface area contributed by atoms with Gasteiger partial charge in [0.2, 0.25) is 10.0 Å². The lowest BCUT2D eigenvalue weighted by molar-refractivity contribution is 0.102. The van der Waals surface area contributed by atoms with Gasteiger partial charge in [-0.3, -0.25) is 4.79 Å². The van der Waals surface area contributed by atoms with Crippen LogP contribution in [-0.2, 0) is 10.0 Å². The van der Waals surface area contributed by atoms with Gasteiger partial charge in [-0.15, -0.1) is 0 Å². The van der Waals surface area contributed by atoms with E-state index in [1.807, 2.05) is 0 Å². The second kappa shape index (κ2) is 8.53. The molecule has 0 aliphatic carbocycles. The minimum atomic E-state index is -3.74. The summed E-state index contributed by atoms with van der Waals surface area (Å²) in [5.74, 6) is 0.177. The fourth-order valence-electron chi connectivity index (χ4n) is 2.45. The Balaban J connectivity index is 2.33. The number of hydrogen-bond donors (Lipinski definition) is 1. The Morgan fingerprint density at radius 3 is 2.46 bits per heavy atom. The van der Waals surface area contributed by atoms with E-state index in [2.05, 4.69) is 5.32 Å². The first kappa shape index (κ1) is 20.2. The number of halogens is 1. The van der Waals surface area contributed by atoms with Crippen molar-refractivity contribution in [2.45, 2.75) is 18.7 Å². The molecule has 0 fully saturated rings. The maximum atomic E-state index is 12.7. The third-order valence-corrected chi connectivity index (χ3v) is 6.38. The molecule has 0 saturated heterocycles. The lowest BCUT2D eigenvalue weighted by Crippen LogP contribution is -2.30. The molecule has 2 aromatic rings. The fourth-order valence-corrected chi connectivity index (χ4v) is 4.41. The third kappa shape index (κ3) is 4.35. The first-order valence-electron chi connectivity index (χ1n) is 8.08. The lowest BCUT2D eigenvalue weighted by Gasteiger charge is -2.19. The summed E-state index contributed by atoms with van der Waals surface area (Å²) in [6, 6.07) is 11.1. The molecule has 140 valence electrons. The van der Waals surface area contributed by atoms with Gasteiger partial charge in [-0.1, -0.05) is 31.5 Å². The average Bonchev–Trinajstić information content (AvgIpc) is 2.64. The van der Waals surface area contributed by atoms with Crippen LogP contribution in [0.25, 0.3) is 0 Å². The predicted molar refractivity (Wildman–Crippen MR) is 103 cm³/mol. The van der Waals surface area contributed by atoms with Crippen molar-refractivity contribution in [1.82, 2.24) is 4.31 Å². The Bertz CT molecular complexity index is 896. The third-order valence-electron chi connectivity index (χ3n) is 3.84. The van der Waals surface area contributed by atoms with E-state index in [0.717, 1.165) is 0 Å². The summed E-state index contributed by atoms with van der Waals surface area (Å²) in [6.07, 6.45) is 0. The number of sulfonamides is 1. The molecule has 8 heteroatoms. The molecule has 0 aromatic heterocycles. The van der Waals surface area contributed by atoms with Crippen molar-refractivity contribution < 1.29 is 17.9 Å². The highest BCUT2D eigenvalue weighted by Gasteiger charge is 2.25. The number of rotatable bonds is 7. The van der Waals surface area contributed by atoms with Crippen molar-refractivity contribution in [2.24, 2.45) is 0 Å². The summed E-state index contributed by atoms with van der Waals surface area (Å²) in [7, 11) is -2.22. The van der Waals surface area contributed by atoms with Gasteiger partial charge in [-0.2, -0.15) is 4.31 Å². The Hall–Kier alpha value is -2.09. The van der Waals surface area contributed by atoms with Crippen LogP contribution in [-0.4, -0.2) is 38.8 Å². The molecule has 0 aliphatic rings. The van der Waals surface area contributed by atoms with Gasteiger partial charge < -0.3 is 10.1 Å². The molecular weight excluding hydrogens is 376 g/mol. The smallest absolute Gasteiger partial charge is 0.255 e. The molecule has 6 nitrogen and oxygen atoms in total. The molecule has 0 radical (unpaired) electrons. The molecule has 0 heterocycles. The van der Waals surface area contributed by atoms with Crippen LogP contribution in [0, 0.1) is 0 Å². The van der Waals surface area contributed by atoms with E-state index in [1.165, 1.54) is 23.5 Å². The molecule has 0 bridgehead atoms. The number of methoxy groups -OCH3 is 1. The second-order valence-corrected chi connectivity index (χ2v) is 7.73. The SMILES string of the molecule is CCN(CC)S(=O)(=O)c1cc(NC(=O)c2cccc(OC)c2)ccc1Cl. The molecule has 1 N–H and O–H groups in total. The number of benzene rings is 2. The van der Waals surface area contributed by atoms with E-state index in [-0.39, 0.29) is 15.8 Å². The van der Waals surface area contributed by atoms with Crippen LogP contribution >= 0.6 is 11.6 Å². The van der Waals surface area contributed by atoms with Gasteiger partial charge in [-0.25, -0.2) is 8.42 Å². The van der Waals surface area contributed by atoms with Gasteiger partial charge in [0.05, 0.1) is 12.1 Å². The standard InChI is InChI=1S/C18H21ClN2O4S/c1-4-21(5-2)26(23,24)17-12-14(9-10-16(17)19)20-18(22)13-7-6-8-15(11-13)25-3/h6-12H,4-5H2,1-3H3,(H,20,22). The van der Waals surface area contributed by atoms with Crippen molar-refractivity contribution in [2.75, 3.05) is 25.5 Å². The lowest BCUT2D eigenvalue weighted by atomic mass is 10.2. The summed E-state index contributed by atoms with van der Waals surface area (Å²) < 4.78 is 31.8. The second-order valence-electron chi connectivity index (χ2n) is 5.42. The van der Waals surface area contributed by atoms with E-state index in [1.54, 1.807) is 44.2 Å². The Kier molecular flexibility index (Phi) is 6.63. The summed E-state index contributed by atoms with van der Waals surface area (Å²) in [5.41, 5.74) is 0.736. The summed E-state index contributed by atoms with van der Waals surface area (Å²) in [5, 5.41) is 2.80. The number of nitrogens with one attached hydrogen (secondary N) is 1. The normalized spacial score (nSPS) is 11.4. The number of amides is 1. The van der Waals surface area contributed by atoms with E-state index >= 15 is 0 Å². The Morgan fingerprint density at radius 1 is 1.15 bits per heavy atom. The molecular formula is C18H21ClN2O4S. The highest BCUT2D eigenvalue weighted by molar-refractivity contribution is 7.89. The zero-order chi connectivity index (χ0) is 19.3. The number of carbonyl (C=O) groups excluding carboxylic acids is 1. The van der Waals surface area contributed by atoms with Crippen LogP contribution < -0.4 is 10.1 Å². The van der Waals surface area contributed by atoms with Gasteiger partial charge >= 0.3 is 0 Å². The number of carbonyl (C=O) groups is 1. The van der Waals surface area contributed by atoms with E-state index in [4.69, 9.17) is 16.3 Å². The first-order chi connectivity index (χ1) is 12.3. The monoisotopic (exact) mass is 396 g/mol. The molecule has 0 atom stereocenters. The van der Waals surface area contributed by atoms with Crippen molar-refractivity contribution in [3.05, 3.63) is 53.1 Å². The molecule has 2 aromatic carbocycles. The zero-order valence-corrected chi connectivity index (χ0v) is 16.4. The van der Waals surface area contributed by atoms with Crippen LogP contribution in [0.4, 0.5) is 5.69 Å². The van der Waals surface area contributed by atoms with Crippen molar-refractivity contribution in [3.63, 3.8) is 0 Å². The molecule has 0 unspecified atom stereocenters. The van der Waals surface area contributed by atoms with Gasteiger partial charge in [0.25, 0.3) is 5.91 Å². The fraction of sp³-hybridized carbons (Fsp3) is 0.278. The Labute approximate surface area is 158 Å². The largest absolute Gasteiger partial charge is 0.497 e. The van der Waals surface area contributed by atoms with Crippen LogP contribution in [0.3, 0.4) is 0 Å². The van der Waals surface area contributed by atoms with Gasteiger partial charge in [0.1, 0.15) is 10.6 Å². The number of ether oxygens (including phenoxy) is 1. The quantitative estimate of drug-likeness (QED) is 0.775.